The van der Waals surface area contributed by atoms with Crippen LogP contribution in [-0.4, -0.2) is 28.3 Å². The van der Waals surface area contributed by atoms with Gasteiger partial charge in [0.2, 0.25) is 5.95 Å². The van der Waals surface area contributed by atoms with Gasteiger partial charge in [0, 0.05) is 16.7 Å². The number of para-hydroxylation sites is 1. The van der Waals surface area contributed by atoms with Gasteiger partial charge in [-0.3, -0.25) is 9.63 Å². The lowest BCUT2D eigenvalue weighted by Crippen LogP contribution is -2.26. The molecule has 1 amide bonds. The van der Waals surface area contributed by atoms with E-state index in [-0.39, 0.29) is 33.6 Å². The van der Waals surface area contributed by atoms with E-state index in [2.05, 4.69) is 20.2 Å². The largest absolute Gasteiger partial charge is 0.573 e. The molecule has 0 unspecified atom stereocenters. The first kappa shape index (κ1) is 23.5. The molecule has 2 aromatic heterocycles. The highest BCUT2D eigenvalue weighted by atomic mass is 32.1. The second-order valence-corrected chi connectivity index (χ2v) is 8.44. The van der Waals surface area contributed by atoms with Crippen molar-refractivity contribution in [2.24, 2.45) is 0 Å². The first-order valence-corrected chi connectivity index (χ1v) is 10.9. The van der Waals surface area contributed by atoms with Crippen molar-refractivity contribution in [2.75, 3.05) is 5.73 Å². The molecule has 0 aliphatic heterocycles. The van der Waals surface area contributed by atoms with Crippen molar-refractivity contribution >= 4 is 33.4 Å². The lowest BCUT2D eigenvalue weighted by molar-refractivity contribution is -0.274. The molecule has 0 aliphatic carbocycles. The summed E-state index contributed by atoms with van der Waals surface area (Å²) >= 11 is 1.03. The van der Waals surface area contributed by atoms with E-state index < -0.39 is 18.0 Å². The third kappa shape index (κ3) is 4.95. The van der Waals surface area contributed by atoms with Crippen molar-refractivity contribution < 1.29 is 27.5 Å². The predicted molar refractivity (Wildman–Crippen MR) is 123 cm³/mol. The first-order valence-electron chi connectivity index (χ1n) is 10.1. The van der Waals surface area contributed by atoms with Gasteiger partial charge >= 0.3 is 6.36 Å². The molecule has 11 heteroatoms. The molecule has 2 heterocycles. The van der Waals surface area contributed by atoms with Crippen LogP contribution in [0.15, 0.2) is 54.6 Å². The molecule has 3 N–H and O–H groups in total. The van der Waals surface area contributed by atoms with Crippen LogP contribution in [0.25, 0.3) is 32.6 Å². The highest BCUT2D eigenvalue weighted by Gasteiger charge is 2.34. The van der Waals surface area contributed by atoms with Crippen LogP contribution in [0, 0.1) is 0 Å². The number of fused-ring (bicyclic) bond motifs is 1. The molecule has 0 spiro atoms. The van der Waals surface area contributed by atoms with Gasteiger partial charge < -0.3 is 10.5 Å². The highest BCUT2D eigenvalue weighted by molar-refractivity contribution is 7.22. The van der Waals surface area contributed by atoms with E-state index in [1.165, 1.54) is 24.3 Å². The minimum Gasteiger partial charge on any atom is -0.405 e. The van der Waals surface area contributed by atoms with Gasteiger partial charge in [-0.2, -0.15) is 0 Å². The van der Waals surface area contributed by atoms with Crippen LogP contribution < -0.4 is 16.0 Å². The zero-order chi connectivity index (χ0) is 24.5. The fourth-order valence-corrected chi connectivity index (χ4v) is 4.45. The number of halogens is 3. The summed E-state index contributed by atoms with van der Waals surface area (Å²) in [5.41, 5.74) is 9.87. The SMILES string of the molecule is CC(C)ONC(=O)c1sc2c(-c3ccccc3)nc(N)nc2c1-c1ccccc1OC(F)(F)F. The second-order valence-electron chi connectivity index (χ2n) is 7.42. The maximum Gasteiger partial charge on any atom is 0.573 e. The van der Waals surface area contributed by atoms with Gasteiger partial charge in [-0.15, -0.1) is 24.5 Å². The Labute approximate surface area is 196 Å². The summed E-state index contributed by atoms with van der Waals surface area (Å²) in [7, 11) is 0. The standard InChI is InChI=1S/C23H19F3N4O3S/c1-12(2)33-30-21(31)19-16(14-10-6-7-11-15(14)32-23(24,25)26)18-20(34-19)17(28-22(27)29-18)13-8-4-3-5-9-13/h3-12H,1-2H3,(H,30,31)(H2,27,28,29). The molecular weight excluding hydrogens is 469 g/mol. The maximum atomic E-state index is 13.1. The number of rotatable bonds is 6. The monoisotopic (exact) mass is 488 g/mol. The maximum absolute atomic E-state index is 13.1. The summed E-state index contributed by atoms with van der Waals surface area (Å²) in [6, 6.07) is 14.6. The van der Waals surface area contributed by atoms with Crippen molar-refractivity contribution in [1.82, 2.24) is 15.4 Å². The molecule has 0 fully saturated rings. The van der Waals surface area contributed by atoms with E-state index in [1.54, 1.807) is 13.8 Å². The van der Waals surface area contributed by atoms with E-state index in [0.717, 1.165) is 11.3 Å². The summed E-state index contributed by atoms with van der Waals surface area (Å²) < 4.78 is 44.1. The molecule has 4 aromatic rings. The van der Waals surface area contributed by atoms with Crippen LogP contribution in [-0.2, 0) is 4.84 Å². The average Bonchev–Trinajstić information content (AvgIpc) is 3.16. The number of nitrogen functional groups attached to an aromatic ring is 1. The van der Waals surface area contributed by atoms with E-state index in [4.69, 9.17) is 10.6 Å². The Balaban J connectivity index is 2.01. The van der Waals surface area contributed by atoms with E-state index in [0.29, 0.717) is 16.0 Å². The van der Waals surface area contributed by atoms with Crippen LogP contribution in [0.4, 0.5) is 19.1 Å². The summed E-state index contributed by atoms with van der Waals surface area (Å²) in [5.74, 6) is -1.22. The fraction of sp³-hybridized carbons (Fsp3) is 0.174. The van der Waals surface area contributed by atoms with Gasteiger partial charge in [0.05, 0.1) is 22.0 Å². The van der Waals surface area contributed by atoms with Gasteiger partial charge in [-0.25, -0.2) is 15.4 Å². The molecule has 7 nitrogen and oxygen atoms in total. The van der Waals surface area contributed by atoms with Gasteiger partial charge in [-0.1, -0.05) is 48.5 Å². The normalized spacial score (nSPS) is 11.7. The third-order valence-corrected chi connectivity index (χ3v) is 5.76. The number of thiophene rings is 1. The summed E-state index contributed by atoms with van der Waals surface area (Å²) in [6.45, 7) is 3.44. The molecule has 0 saturated heterocycles. The molecule has 0 saturated carbocycles. The Morgan fingerprint density at radius 3 is 2.41 bits per heavy atom. The van der Waals surface area contributed by atoms with Crippen molar-refractivity contribution in [1.29, 1.82) is 0 Å². The third-order valence-electron chi connectivity index (χ3n) is 4.57. The number of alkyl halides is 3. The second kappa shape index (κ2) is 9.27. The van der Waals surface area contributed by atoms with E-state index in [1.807, 2.05) is 30.3 Å². The minimum atomic E-state index is -4.94. The molecule has 4 rings (SSSR count). The average molecular weight is 488 g/mol. The zero-order valence-electron chi connectivity index (χ0n) is 18.0. The molecule has 34 heavy (non-hydrogen) atoms. The molecule has 0 bridgehead atoms. The molecule has 0 atom stereocenters. The van der Waals surface area contributed by atoms with Crippen molar-refractivity contribution in [3.63, 3.8) is 0 Å². The molecule has 0 aliphatic rings. The van der Waals surface area contributed by atoms with Gasteiger partial charge in [0.1, 0.15) is 10.6 Å². The number of anilines is 1. The van der Waals surface area contributed by atoms with Crippen molar-refractivity contribution in [3.05, 3.63) is 59.5 Å². The number of carbonyl (C=O) groups excluding carboxylic acids is 1. The highest BCUT2D eigenvalue weighted by Crippen LogP contribution is 2.45. The molecular formula is C23H19F3N4O3S. The van der Waals surface area contributed by atoms with Gasteiger partial charge in [-0.05, 0) is 19.9 Å². The van der Waals surface area contributed by atoms with Crippen molar-refractivity contribution in [2.45, 2.75) is 26.3 Å². The Morgan fingerprint density at radius 1 is 1.06 bits per heavy atom. The van der Waals surface area contributed by atoms with Crippen molar-refractivity contribution in [3.8, 4) is 28.1 Å². The van der Waals surface area contributed by atoms with Crippen LogP contribution in [0.1, 0.15) is 23.5 Å². The number of nitrogens with zero attached hydrogens (tertiary/aromatic N) is 2. The van der Waals surface area contributed by atoms with Gasteiger partial charge in [0.25, 0.3) is 5.91 Å². The number of hydroxylamine groups is 1. The number of nitrogens with one attached hydrogen (secondary N) is 1. The first-order chi connectivity index (χ1) is 16.1. The number of hydrogen-bond acceptors (Lipinski definition) is 7. The molecule has 0 radical (unpaired) electrons. The molecule has 176 valence electrons. The molecule has 2 aromatic carbocycles. The summed E-state index contributed by atoms with van der Waals surface area (Å²) in [6.07, 6.45) is -5.26. The summed E-state index contributed by atoms with van der Waals surface area (Å²) in [5, 5.41) is 0. The fourth-order valence-electron chi connectivity index (χ4n) is 3.30. The van der Waals surface area contributed by atoms with Crippen LogP contribution in [0.3, 0.4) is 0 Å². The number of ether oxygens (including phenoxy) is 1. The number of nitrogens with two attached hydrogens (primary N) is 1. The smallest absolute Gasteiger partial charge is 0.405 e. The lowest BCUT2D eigenvalue weighted by atomic mass is 10.0. The van der Waals surface area contributed by atoms with E-state index >= 15 is 0 Å². The number of benzene rings is 2. The van der Waals surface area contributed by atoms with Crippen LogP contribution in [0.2, 0.25) is 0 Å². The number of aromatic nitrogens is 2. The topological polar surface area (TPSA) is 99.4 Å². The van der Waals surface area contributed by atoms with Crippen LogP contribution in [0.5, 0.6) is 5.75 Å². The zero-order valence-corrected chi connectivity index (χ0v) is 18.8. The Hall–Kier alpha value is -3.70. The Morgan fingerprint density at radius 2 is 1.74 bits per heavy atom. The quantitative estimate of drug-likeness (QED) is 0.344. The minimum absolute atomic E-state index is 0.0258. The predicted octanol–water partition coefficient (Wildman–Crippen LogP) is 5.58. The Bertz CT molecular complexity index is 1340. The number of amides is 1. The number of hydrogen-bond donors (Lipinski definition) is 2. The number of carbonyl (C=O) groups is 1. The van der Waals surface area contributed by atoms with E-state index in [9.17, 15) is 18.0 Å². The summed E-state index contributed by atoms with van der Waals surface area (Å²) in [4.78, 5) is 27.0. The lowest BCUT2D eigenvalue weighted by Gasteiger charge is -2.14. The Kier molecular flexibility index (Phi) is 6.40. The van der Waals surface area contributed by atoms with Gasteiger partial charge in [0.15, 0.2) is 0 Å². The van der Waals surface area contributed by atoms with Crippen LogP contribution >= 0.6 is 11.3 Å².